The maximum Gasteiger partial charge on any atom is 0.138 e. The zero-order valence-corrected chi connectivity index (χ0v) is 13.9. The van der Waals surface area contributed by atoms with Gasteiger partial charge in [0.25, 0.3) is 0 Å². The number of hydrogen-bond donors (Lipinski definition) is 1. The zero-order chi connectivity index (χ0) is 13.8. The molecular formula is C14H15BrClNOS. The highest BCUT2D eigenvalue weighted by Crippen LogP contribution is 2.33. The van der Waals surface area contributed by atoms with E-state index in [9.17, 15) is 0 Å². The van der Waals surface area contributed by atoms with Gasteiger partial charge in [-0.15, -0.1) is 11.3 Å². The van der Waals surface area contributed by atoms with E-state index in [0.717, 1.165) is 15.9 Å². The molecule has 2 aromatic rings. The van der Waals surface area contributed by atoms with Crippen LogP contribution in [0.25, 0.3) is 0 Å². The van der Waals surface area contributed by atoms with Gasteiger partial charge >= 0.3 is 0 Å². The average Bonchev–Trinajstić information content (AvgIpc) is 2.79. The van der Waals surface area contributed by atoms with Crippen molar-refractivity contribution >= 4 is 44.6 Å². The summed E-state index contributed by atoms with van der Waals surface area (Å²) in [4.78, 5) is 1.27. The minimum atomic E-state index is 0.225. The predicted octanol–water partition coefficient (Wildman–Crippen LogP) is 5.74. The van der Waals surface area contributed by atoms with Crippen LogP contribution in [0, 0.1) is 0 Å². The van der Waals surface area contributed by atoms with E-state index in [1.54, 1.807) is 11.3 Å². The van der Waals surface area contributed by atoms with E-state index in [0.29, 0.717) is 11.6 Å². The molecule has 2 rings (SSSR count). The first-order valence-corrected chi connectivity index (χ1v) is 8.08. The first-order valence-electron chi connectivity index (χ1n) is 6.03. The summed E-state index contributed by atoms with van der Waals surface area (Å²) >= 11 is 11.5. The van der Waals surface area contributed by atoms with Crippen molar-refractivity contribution in [3.8, 4) is 5.75 Å². The number of benzene rings is 1. The van der Waals surface area contributed by atoms with Gasteiger partial charge in [0, 0.05) is 15.0 Å². The van der Waals surface area contributed by atoms with E-state index in [4.69, 9.17) is 16.3 Å². The molecule has 0 bridgehead atoms. The molecule has 0 aliphatic heterocycles. The van der Waals surface area contributed by atoms with E-state index in [-0.39, 0.29) is 6.04 Å². The monoisotopic (exact) mass is 359 g/mol. The summed E-state index contributed by atoms with van der Waals surface area (Å²) in [5.41, 5.74) is 0.987. The molecule has 0 aliphatic carbocycles. The van der Waals surface area contributed by atoms with Crippen LogP contribution in [-0.2, 0) is 0 Å². The topological polar surface area (TPSA) is 21.3 Å². The minimum Gasteiger partial charge on any atom is -0.492 e. The number of nitrogens with one attached hydrogen (secondary N) is 1. The molecule has 1 unspecified atom stereocenters. The molecule has 1 aromatic carbocycles. The van der Waals surface area contributed by atoms with Crippen LogP contribution >= 0.6 is 38.9 Å². The SMILES string of the molecule is CCOc1ccc(NC(C)c2sccc2Br)cc1Cl. The van der Waals surface area contributed by atoms with Gasteiger partial charge in [-0.2, -0.15) is 0 Å². The summed E-state index contributed by atoms with van der Waals surface area (Å²) in [7, 11) is 0. The first-order chi connectivity index (χ1) is 9.11. The third-order valence-corrected chi connectivity index (χ3v) is 5.00. The number of ether oxygens (including phenoxy) is 1. The Morgan fingerprint density at radius 2 is 2.21 bits per heavy atom. The maximum absolute atomic E-state index is 6.18. The summed E-state index contributed by atoms with van der Waals surface area (Å²) < 4.78 is 6.56. The smallest absolute Gasteiger partial charge is 0.138 e. The Hall–Kier alpha value is -0.710. The molecule has 0 fully saturated rings. The zero-order valence-electron chi connectivity index (χ0n) is 10.7. The molecule has 0 radical (unpaired) electrons. The van der Waals surface area contributed by atoms with E-state index in [2.05, 4.69) is 39.6 Å². The Balaban J connectivity index is 2.11. The Morgan fingerprint density at radius 1 is 1.42 bits per heavy atom. The summed E-state index contributed by atoms with van der Waals surface area (Å²) in [6.45, 7) is 4.69. The third-order valence-electron chi connectivity index (χ3n) is 2.65. The van der Waals surface area contributed by atoms with E-state index < -0.39 is 0 Å². The molecule has 0 amide bonds. The molecule has 1 aromatic heterocycles. The lowest BCUT2D eigenvalue weighted by atomic mass is 10.2. The number of rotatable bonds is 5. The second-order valence-corrected chi connectivity index (χ2v) is 6.29. The van der Waals surface area contributed by atoms with Crippen molar-refractivity contribution in [2.45, 2.75) is 19.9 Å². The van der Waals surface area contributed by atoms with Crippen LogP contribution in [0.4, 0.5) is 5.69 Å². The van der Waals surface area contributed by atoms with Crippen molar-refractivity contribution in [2.24, 2.45) is 0 Å². The quantitative estimate of drug-likeness (QED) is 0.734. The van der Waals surface area contributed by atoms with Gasteiger partial charge in [-0.05, 0) is 59.4 Å². The molecule has 19 heavy (non-hydrogen) atoms. The van der Waals surface area contributed by atoms with Crippen molar-refractivity contribution in [1.82, 2.24) is 0 Å². The minimum absolute atomic E-state index is 0.225. The molecule has 1 N–H and O–H groups in total. The second-order valence-electron chi connectivity index (χ2n) is 4.08. The second kappa shape index (κ2) is 6.64. The van der Waals surface area contributed by atoms with Crippen molar-refractivity contribution in [1.29, 1.82) is 0 Å². The summed E-state index contributed by atoms with van der Waals surface area (Å²) in [6.07, 6.45) is 0. The van der Waals surface area contributed by atoms with Gasteiger partial charge in [0.05, 0.1) is 17.7 Å². The van der Waals surface area contributed by atoms with Crippen molar-refractivity contribution in [2.75, 3.05) is 11.9 Å². The summed E-state index contributed by atoms with van der Waals surface area (Å²) in [5, 5.41) is 6.14. The first kappa shape index (κ1) is 14.7. The fraction of sp³-hybridized carbons (Fsp3) is 0.286. The molecule has 5 heteroatoms. The molecule has 0 aliphatic rings. The van der Waals surface area contributed by atoms with Gasteiger partial charge in [-0.25, -0.2) is 0 Å². The lowest BCUT2D eigenvalue weighted by Crippen LogP contribution is -2.05. The van der Waals surface area contributed by atoms with Gasteiger partial charge in [0.1, 0.15) is 5.75 Å². The van der Waals surface area contributed by atoms with Crippen LogP contribution in [0.2, 0.25) is 5.02 Å². The van der Waals surface area contributed by atoms with Gasteiger partial charge in [-0.3, -0.25) is 0 Å². The van der Waals surface area contributed by atoms with Gasteiger partial charge in [-0.1, -0.05) is 11.6 Å². The molecule has 102 valence electrons. The highest BCUT2D eigenvalue weighted by Gasteiger charge is 2.11. The van der Waals surface area contributed by atoms with Crippen molar-refractivity contribution < 1.29 is 4.74 Å². The Morgan fingerprint density at radius 3 is 2.79 bits per heavy atom. The summed E-state index contributed by atoms with van der Waals surface area (Å²) in [6, 6.07) is 8.05. The fourth-order valence-electron chi connectivity index (χ4n) is 1.79. The number of hydrogen-bond acceptors (Lipinski definition) is 3. The van der Waals surface area contributed by atoms with Crippen LogP contribution < -0.4 is 10.1 Å². The van der Waals surface area contributed by atoms with Crippen LogP contribution in [0.5, 0.6) is 5.75 Å². The highest BCUT2D eigenvalue weighted by molar-refractivity contribution is 9.10. The van der Waals surface area contributed by atoms with E-state index in [1.165, 1.54) is 4.88 Å². The largest absolute Gasteiger partial charge is 0.492 e. The highest BCUT2D eigenvalue weighted by atomic mass is 79.9. The van der Waals surface area contributed by atoms with E-state index >= 15 is 0 Å². The predicted molar refractivity (Wildman–Crippen MR) is 86.7 cm³/mol. The van der Waals surface area contributed by atoms with Crippen LogP contribution in [0.15, 0.2) is 34.1 Å². The Bertz CT molecular complexity index is 558. The molecule has 1 heterocycles. The lowest BCUT2D eigenvalue weighted by Gasteiger charge is -2.15. The number of anilines is 1. The van der Waals surface area contributed by atoms with Gasteiger partial charge < -0.3 is 10.1 Å². The summed E-state index contributed by atoms with van der Waals surface area (Å²) in [5.74, 6) is 0.722. The molecular weight excluding hydrogens is 346 g/mol. The van der Waals surface area contributed by atoms with Crippen molar-refractivity contribution in [3.05, 3.63) is 44.0 Å². The van der Waals surface area contributed by atoms with Gasteiger partial charge in [0.2, 0.25) is 0 Å². The molecule has 0 saturated heterocycles. The average molecular weight is 361 g/mol. The van der Waals surface area contributed by atoms with E-state index in [1.807, 2.05) is 25.1 Å². The standard InChI is InChI=1S/C14H15BrClNOS/c1-3-18-13-5-4-10(8-12(13)16)17-9(2)14-11(15)6-7-19-14/h4-9,17H,3H2,1-2H3. The number of halogens is 2. The maximum atomic E-state index is 6.18. The Kier molecular flexibility index (Phi) is 5.13. The molecule has 0 saturated carbocycles. The van der Waals surface area contributed by atoms with Crippen LogP contribution in [0.1, 0.15) is 24.8 Å². The molecule has 1 atom stereocenters. The fourth-order valence-corrected chi connectivity index (χ4v) is 3.75. The third kappa shape index (κ3) is 3.65. The van der Waals surface area contributed by atoms with Crippen molar-refractivity contribution in [3.63, 3.8) is 0 Å². The molecule has 0 spiro atoms. The lowest BCUT2D eigenvalue weighted by molar-refractivity contribution is 0.340. The van der Waals surface area contributed by atoms with Gasteiger partial charge in [0.15, 0.2) is 0 Å². The van der Waals surface area contributed by atoms with Crippen LogP contribution in [0.3, 0.4) is 0 Å². The Labute approximate surface area is 130 Å². The normalized spacial score (nSPS) is 12.2. The number of thiophene rings is 1. The molecule has 2 nitrogen and oxygen atoms in total. The van der Waals surface area contributed by atoms with Crippen LogP contribution in [-0.4, -0.2) is 6.61 Å².